The number of imide groups is 1. The van der Waals surface area contributed by atoms with Gasteiger partial charge in [-0.25, -0.2) is 4.79 Å². The van der Waals surface area contributed by atoms with Crippen molar-refractivity contribution in [3.8, 4) is 0 Å². The number of carboxylic acid groups (broad SMARTS) is 1. The van der Waals surface area contributed by atoms with Gasteiger partial charge in [0.25, 0.3) is 0 Å². The second kappa shape index (κ2) is 9.40. The number of likely N-dealkylation sites (tertiary alicyclic amines) is 1. The molecule has 1 aliphatic rings. The van der Waals surface area contributed by atoms with Crippen molar-refractivity contribution in [3.63, 3.8) is 0 Å². The Morgan fingerprint density at radius 3 is 2.43 bits per heavy atom. The summed E-state index contributed by atoms with van der Waals surface area (Å²) in [4.78, 5) is 50.5. The molecule has 0 aliphatic carbocycles. The van der Waals surface area contributed by atoms with Crippen molar-refractivity contribution in [1.29, 1.82) is 0 Å². The molecule has 3 rings (SSSR count). The maximum Gasteiger partial charge on any atom is 0.521 e. The summed E-state index contributed by atoms with van der Waals surface area (Å²) in [6, 6.07) is 9.79. The van der Waals surface area contributed by atoms with Gasteiger partial charge in [-0.2, -0.15) is 9.28 Å². The van der Waals surface area contributed by atoms with E-state index in [0.29, 0.717) is 24.0 Å². The number of carbonyl (C=O) groups excluding carboxylic acids is 3. The predicted molar refractivity (Wildman–Crippen MR) is 111 cm³/mol. The summed E-state index contributed by atoms with van der Waals surface area (Å²) in [6.07, 6.45) is 2.57. The lowest BCUT2D eigenvalue weighted by molar-refractivity contribution is -0.792. The van der Waals surface area contributed by atoms with E-state index in [0.717, 1.165) is 11.8 Å². The Balaban J connectivity index is 1.81. The Kier molecular flexibility index (Phi) is 6.89. The number of nitrogens with zero attached hydrogens (tertiary/aromatic N) is 1. The molecule has 2 aromatic rings. The normalized spacial score (nSPS) is 21.8. The molecule has 1 N–H and O–H groups in total. The number of hydrogen-bond donors (Lipinski definition) is 1. The zero-order chi connectivity index (χ0) is 21.7. The second-order valence-corrected chi connectivity index (χ2v) is 8.77. The van der Waals surface area contributed by atoms with E-state index in [1.807, 2.05) is 0 Å². The number of quaternary nitrogens is 1. The van der Waals surface area contributed by atoms with Crippen molar-refractivity contribution in [2.24, 2.45) is 0 Å². The average molecular weight is 431 g/mol. The smallest absolute Gasteiger partial charge is 0.472 e. The van der Waals surface area contributed by atoms with Crippen molar-refractivity contribution in [2.75, 3.05) is 6.54 Å². The Hall–Kier alpha value is -2.71. The summed E-state index contributed by atoms with van der Waals surface area (Å²) < 4.78 is 4.31. The number of furan rings is 1. The maximum absolute atomic E-state index is 13.2. The third kappa shape index (κ3) is 4.55. The SMILES string of the molecule is C[C@@H]1CCC[N+]1(C(=O)O)C(=O)CC(CC(=O)c1ccoc1)SC(=O)c1ccccc1. The highest BCUT2D eigenvalue weighted by Gasteiger charge is 2.53. The molecule has 8 heteroatoms. The highest BCUT2D eigenvalue weighted by molar-refractivity contribution is 8.14. The van der Waals surface area contributed by atoms with E-state index in [4.69, 9.17) is 4.42 Å². The van der Waals surface area contributed by atoms with E-state index in [2.05, 4.69) is 0 Å². The first-order valence-corrected chi connectivity index (χ1v) is 10.7. The number of carbonyl (C=O) groups is 4. The fourth-order valence-corrected chi connectivity index (χ4v) is 4.93. The van der Waals surface area contributed by atoms with Crippen molar-refractivity contribution < 1.29 is 33.2 Å². The van der Waals surface area contributed by atoms with Crippen LogP contribution in [-0.4, -0.2) is 50.3 Å². The first-order chi connectivity index (χ1) is 14.3. The van der Waals surface area contributed by atoms with Crippen LogP contribution in [0.2, 0.25) is 0 Å². The topological polar surface area (TPSA) is 102 Å². The predicted octanol–water partition coefficient (Wildman–Crippen LogP) is 4.39. The zero-order valence-corrected chi connectivity index (χ0v) is 17.5. The number of hydrogen-bond acceptors (Lipinski definition) is 6. The molecule has 3 atom stereocenters. The average Bonchev–Trinajstić information content (AvgIpc) is 3.38. The lowest BCUT2D eigenvalue weighted by Crippen LogP contribution is -2.59. The highest BCUT2D eigenvalue weighted by Crippen LogP contribution is 2.32. The van der Waals surface area contributed by atoms with Crippen LogP contribution < -0.4 is 0 Å². The number of thioether (sulfide) groups is 1. The molecule has 2 amide bonds. The summed E-state index contributed by atoms with van der Waals surface area (Å²) in [5.74, 6) is -0.725. The molecule has 1 aliphatic heterocycles. The number of amides is 2. The van der Waals surface area contributed by atoms with Gasteiger partial charge < -0.3 is 9.52 Å². The molecule has 158 valence electrons. The van der Waals surface area contributed by atoms with Gasteiger partial charge in [0, 0.05) is 30.1 Å². The lowest BCUT2D eigenvalue weighted by Gasteiger charge is -2.30. The summed E-state index contributed by atoms with van der Waals surface area (Å²) in [5, 5.41) is 8.88. The number of ketones is 1. The molecule has 1 saturated heterocycles. The van der Waals surface area contributed by atoms with E-state index < -0.39 is 21.7 Å². The molecule has 0 radical (unpaired) electrons. The van der Waals surface area contributed by atoms with Crippen LogP contribution in [0.25, 0.3) is 0 Å². The summed E-state index contributed by atoms with van der Waals surface area (Å²) in [7, 11) is 0. The van der Waals surface area contributed by atoms with Gasteiger partial charge in [0.05, 0.1) is 24.8 Å². The zero-order valence-electron chi connectivity index (χ0n) is 16.7. The Morgan fingerprint density at radius 1 is 1.13 bits per heavy atom. The third-order valence-corrected chi connectivity index (χ3v) is 6.73. The van der Waals surface area contributed by atoms with Crippen molar-refractivity contribution >= 4 is 34.7 Å². The lowest BCUT2D eigenvalue weighted by atomic mass is 10.1. The second-order valence-electron chi connectivity index (χ2n) is 7.50. The Morgan fingerprint density at radius 2 is 1.87 bits per heavy atom. The molecule has 0 bridgehead atoms. The molecule has 0 spiro atoms. The molecule has 30 heavy (non-hydrogen) atoms. The minimum atomic E-state index is -1.18. The van der Waals surface area contributed by atoms with Crippen LogP contribution in [0.3, 0.4) is 0 Å². The molecule has 7 nitrogen and oxygen atoms in total. The third-order valence-electron chi connectivity index (χ3n) is 5.61. The Bertz CT molecular complexity index is 926. The van der Waals surface area contributed by atoms with E-state index >= 15 is 0 Å². The summed E-state index contributed by atoms with van der Waals surface area (Å²) in [5.41, 5.74) is 0.823. The quantitative estimate of drug-likeness (QED) is 0.513. The number of Topliss-reactive ketones (excluding diaryl/α,β-unsaturated/α-hetero) is 1. The van der Waals surface area contributed by atoms with E-state index in [-0.39, 0.29) is 36.3 Å². The molecule has 0 saturated carbocycles. The van der Waals surface area contributed by atoms with Gasteiger partial charge in [-0.3, -0.25) is 9.59 Å². The van der Waals surface area contributed by atoms with Gasteiger partial charge in [-0.15, -0.1) is 0 Å². The van der Waals surface area contributed by atoms with Crippen LogP contribution in [0, 0.1) is 0 Å². The van der Waals surface area contributed by atoms with Crippen LogP contribution in [-0.2, 0) is 4.79 Å². The monoisotopic (exact) mass is 430 g/mol. The van der Waals surface area contributed by atoms with Crippen LogP contribution in [0.1, 0.15) is 53.3 Å². The molecule has 1 aromatic carbocycles. The fraction of sp³-hybridized carbons (Fsp3) is 0.364. The van der Waals surface area contributed by atoms with Crippen molar-refractivity contribution in [3.05, 3.63) is 60.1 Å². The van der Waals surface area contributed by atoms with E-state index in [1.165, 1.54) is 18.6 Å². The standard InChI is InChI=1S/C22H23NO6S/c1-15-6-5-10-23(15,22(27)28)20(25)13-18(12-19(24)17-9-11-29-14-17)30-21(26)16-7-3-2-4-8-16/h2-4,7-9,11,14-15,18H,5-6,10,12-13H2,1H3/p+1/t15-,18?,23?/m1/s1. The highest BCUT2D eigenvalue weighted by atomic mass is 32.2. The minimum absolute atomic E-state index is 0.0670. The van der Waals surface area contributed by atoms with Gasteiger partial charge >= 0.3 is 12.0 Å². The number of benzene rings is 1. The van der Waals surface area contributed by atoms with Gasteiger partial charge in [0.15, 0.2) is 5.78 Å². The van der Waals surface area contributed by atoms with Gasteiger partial charge in [-0.05, 0) is 13.0 Å². The first-order valence-electron chi connectivity index (χ1n) is 9.80. The van der Waals surface area contributed by atoms with Crippen LogP contribution >= 0.6 is 11.8 Å². The van der Waals surface area contributed by atoms with Gasteiger partial charge in [0.1, 0.15) is 12.3 Å². The summed E-state index contributed by atoms with van der Waals surface area (Å²) >= 11 is 0.908. The van der Waals surface area contributed by atoms with Crippen molar-refractivity contribution in [1.82, 2.24) is 0 Å². The maximum atomic E-state index is 13.2. The molecular formula is C22H24NO6S+. The van der Waals surface area contributed by atoms with Crippen molar-refractivity contribution in [2.45, 2.75) is 43.9 Å². The molecular weight excluding hydrogens is 406 g/mol. The molecule has 2 heterocycles. The van der Waals surface area contributed by atoms with Crippen LogP contribution in [0.4, 0.5) is 4.79 Å². The first kappa shape index (κ1) is 22.0. The fourth-order valence-electron chi connectivity index (χ4n) is 3.89. The van der Waals surface area contributed by atoms with E-state index in [9.17, 15) is 24.3 Å². The van der Waals surface area contributed by atoms with E-state index in [1.54, 1.807) is 37.3 Å². The molecule has 2 unspecified atom stereocenters. The largest absolute Gasteiger partial charge is 0.521 e. The number of rotatable bonds is 7. The molecule has 1 aromatic heterocycles. The Labute approximate surface area is 178 Å². The van der Waals surface area contributed by atoms with Gasteiger partial charge in [0.2, 0.25) is 5.12 Å². The molecule has 1 fully saturated rings. The minimum Gasteiger partial charge on any atom is -0.472 e. The van der Waals surface area contributed by atoms with Gasteiger partial charge in [-0.1, -0.05) is 42.1 Å². The van der Waals surface area contributed by atoms with Crippen LogP contribution in [0.5, 0.6) is 0 Å². The summed E-state index contributed by atoms with van der Waals surface area (Å²) in [6.45, 7) is 1.99. The van der Waals surface area contributed by atoms with Crippen LogP contribution in [0.15, 0.2) is 53.3 Å².